The van der Waals surface area contributed by atoms with E-state index in [-0.39, 0.29) is 0 Å². The lowest BCUT2D eigenvalue weighted by atomic mass is 10.4. The van der Waals surface area contributed by atoms with Gasteiger partial charge < -0.3 is 4.57 Å². The average molecular weight is 304 g/mol. The van der Waals surface area contributed by atoms with E-state index in [4.69, 9.17) is 0 Å². The van der Waals surface area contributed by atoms with E-state index in [1.54, 1.807) is 0 Å². The Bertz CT molecular complexity index is 462. The second kappa shape index (κ2) is 11.3. The third kappa shape index (κ3) is 5.52. The van der Waals surface area contributed by atoms with Gasteiger partial charge in [0.05, 0.1) is 0 Å². The van der Waals surface area contributed by atoms with Crippen LogP contribution in [0.2, 0.25) is 0 Å². The maximum atomic E-state index is 13.2. The molecular formula is C19H29OP. The fourth-order valence-corrected chi connectivity index (χ4v) is 4.81. The molecule has 0 aromatic heterocycles. The van der Waals surface area contributed by atoms with E-state index in [2.05, 4.69) is 6.92 Å². The van der Waals surface area contributed by atoms with Gasteiger partial charge in [0.1, 0.15) is 7.14 Å². The van der Waals surface area contributed by atoms with Gasteiger partial charge in [0.2, 0.25) is 0 Å². The van der Waals surface area contributed by atoms with E-state index >= 15 is 0 Å². The van der Waals surface area contributed by atoms with Crippen molar-refractivity contribution in [1.82, 2.24) is 0 Å². The van der Waals surface area contributed by atoms with Crippen molar-refractivity contribution >= 4 is 17.8 Å². The van der Waals surface area contributed by atoms with Gasteiger partial charge in [0.15, 0.2) is 0 Å². The maximum Gasteiger partial charge on any atom is 0.143 e. The highest BCUT2D eigenvalue weighted by Gasteiger charge is 2.25. The zero-order chi connectivity index (χ0) is 16.1. The van der Waals surface area contributed by atoms with E-state index in [0.717, 1.165) is 23.2 Å². The molecule has 0 spiro atoms. The van der Waals surface area contributed by atoms with Crippen molar-refractivity contribution in [3.05, 3.63) is 60.7 Å². The molecule has 0 saturated carbocycles. The van der Waals surface area contributed by atoms with Crippen molar-refractivity contribution in [2.45, 2.75) is 41.0 Å². The largest absolute Gasteiger partial charge is 0.314 e. The molecule has 0 aliphatic heterocycles. The first kappa shape index (κ1) is 19.7. The highest BCUT2D eigenvalue weighted by molar-refractivity contribution is 7.78. The van der Waals surface area contributed by atoms with Gasteiger partial charge in [0.25, 0.3) is 0 Å². The summed E-state index contributed by atoms with van der Waals surface area (Å²) in [5.41, 5.74) is 0. The Morgan fingerprint density at radius 2 is 1.05 bits per heavy atom. The summed E-state index contributed by atoms with van der Waals surface area (Å²) < 4.78 is 13.2. The Balaban J connectivity index is 0.000000921. The van der Waals surface area contributed by atoms with Crippen LogP contribution in [-0.4, -0.2) is 6.16 Å². The predicted molar refractivity (Wildman–Crippen MR) is 97.6 cm³/mol. The molecule has 0 aliphatic carbocycles. The fraction of sp³-hybridized carbons (Fsp3) is 0.368. The minimum atomic E-state index is -2.42. The molecule has 21 heavy (non-hydrogen) atoms. The standard InChI is InChI=1S/C15H17OP.2C2H6/c1-2-13-17(16,14-9-5-3-6-10-14)15-11-7-4-8-12-15;2*1-2/h3-12H,2,13H2,1H3;2*1-2H3. The third-order valence-electron chi connectivity index (χ3n) is 2.89. The van der Waals surface area contributed by atoms with Crippen molar-refractivity contribution in [2.24, 2.45) is 0 Å². The van der Waals surface area contributed by atoms with Gasteiger partial charge in [-0.1, -0.05) is 95.3 Å². The summed E-state index contributed by atoms with van der Waals surface area (Å²) >= 11 is 0. The number of hydrogen-bond donors (Lipinski definition) is 0. The first-order valence-electron chi connectivity index (χ1n) is 7.97. The molecular weight excluding hydrogens is 275 g/mol. The second-order valence-corrected chi connectivity index (χ2v) is 7.09. The van der Waals surface area contributed by atoms with Crippen LogP contribution in [0.1, 0.15) is 41.0 Å². The molecule has 2 heteroatoms. The summed E-state index contributed by atoms with van der Waals surface area (Å²) in [6, 6.07) is 19.7. The molecule has 116 valence electrons. The van der Waals surface area contributed by atoms with Crippen LogP contribution in [0, 0.1) is 0 Å². The molecule has 0 atom stereocenters. The Morgan fingerprint density at radius 3 is 1.33 bits per heavy atom. The van der Waals surface area contributed by atoms with Crippen LogP contribution >= 0.6 is 7.14 Å². The fourth-order valence-electron chi connectivity index (χ4n) is 2.06. The van der Waals surface area contributed by atoms with Crippen molar-refractivity contribution in [2.75, 3.05) is 6.16 Å². The van der Waals surface area contributed by atoms with Crippen LogP contribution < -0.4 is 10.6 Å². The van der Waals surface area contributed by atoms with Crippen LogP contribution in [0.3, 0.4) is 0 Å². The summed E-state index contributed by atoms with van der Waals surface area (Å²) in [5, 5.41) is 1.93. The summed E-state index contributed by atoms with van der Waals surface area (Å²) in [6.07, 6.45) is 1.67. The van der Waals surface area contributed by atoms with Gasteiger partial charge in [-0.3, -0.25) is 0 Å². The molecule has 0 aliphatic rings. The minimum absolute atomic E-state index is 0.737. The molecule has 0 N–H and O–H groups in total. The van der Waals surface area contributed by atoms with Crippen molar-refractivity contribution in [1.29, 1.82) is 0 Å². The average Bonchev–Trinajstić information content (AvgIpc) is 2.60. The summed E-state index contributed by atoms with van der Waals surface area (Å²) in [4.78, 5) is 0. The van der Waals surface area contributed by atoms with Gasteiger partial charge in [-0.15, -0.1) is 0 Å². The van der Waals surface area contributed by atoms with Crippen molar-refractivity contribution in [3.63, 3.8) is 0 Å². The van der Waals surface area contributed by atoms with Crippen LogP contribution in [0.5, 0.6) is 0 Å². The van der Waals surface area contributed by atoms with Crippen molar-refractivity contribution in [3.8, 4) is 0 Å². The Kier molecular flexibility index (Phi) is 10.6. The molecule has 0 amide bonds. The van der Waals surface area contributed by atoms with Gasteiger partial charge in [0, 0.05) is 16.8 Å². The lowest BCUT2D eigenvalue weighted by Gasteiger charge is -2.18. The summed E-state index contributed by atoms with van der Waals surface area (Å²) in [7, 11) is -2.42. The molecule has 0 unspecified atom stereocenters. The highest BCUT2D eigenvalue weighted by atomic mass is 31.2. The molecule has 2 aromatic rings. The first-order chi connectivity index (χ1) is 10.3. The smallest absolute Gasteiger partial charge is 0.143 e. The Morgan fingerprint density at radius 1 is 0.714 bits per heavy atom. The molecule has 1 nitrogen and oxygen atoms in total. The Labute approximate surface area is 130 Å². The van der Waals surface area contributed by atoms with Gasteiger partial charge in [-0.2, -0.15) is 0 Å². The lowest BCUT2D eigenvalue weighted by Crippen LogP contribution is -2.18. The topological polar surface area (TPSA) is 17.1 Å². The van der Waals surface area contributed by atoms with E-state index in [9.17, 15) is 4.57 Å². The zero-order valence-corrected chi connectivity index (χ0v) is 14.9. The van der Waals surface area contributed by atoms with E-state index < -0.39 is 7.14 Å². The molecule has 2 rings (SSSR count). The van der Waals surface area contributed by atoms with E-state index in [1.165, 1.54) is 0 Å². The molecule has 0 saturated heterocycles. The molecule has 2 aromatic carbocycles. The molecule has 0 radical (unpaired) electrons. The number of hydrogen-bond acceptors (Lipinski definition) is 1. The second-order valence-electron chi connectivity index (χ2n) is 4.13. The van der Waals surface area contributed by atoms with Crippen molar-refractivity contribution < 1.29 is 4.57 Å². The van der Waals surface area contributed by atoms with Crippen LogP contribution in [0.4, 0.5) is 0 Å². The third-order valence-corrected chi connectivity index (χ3v) is 6.23. The van der Waals surface area contributed by atoms with Crippen LogP contribution in [0.25, 0.3) is 0 Å². The lowest BCUT2D eigenvalue weighted by molar-refractivity contribution is 0.586. The first-order valence-corrected chi connectivity index (χ1v) is 9.87. The van der Waals surface area contributed by atoms with Gasteiger partial charge >= 0.3 is 0 Å². The summed E-state index contributed by atoms with van der Waals surface area (Å²) in [6.45, 7) is 10.1. The monoisotopic (exact) mass is 304 g/mol. The van der Waals surface area contributed by atoms with Gasteiger partial charge in [-0.05, 0) is 6.42 Å². The van der Waals surface area contributed by atoms with Crippen LogP contribution in [0.15, 0.2) is 60.7 Å². The van der Waals surface area contributed by atoms with Crippen LogP contribution in [-0.2, 0) is 4.57 Å². The Hall–Kier alpha value is -1.33. The maximum absolute atomic E-state index is 13.2. The molecule has 0 bridgehead atoms. The van der Waals surface area contributed by atoms with Gasteiger partial charge in [-0.25, -0.2) is 0 Å². The summed E-state index contributed by atoms with van der Waals surface area (Å²) in [5.74, 6) is 0. The molecule has 0 heterocycles. The van der Waals surface area contributed by atoms with E-state index in [0.29, 0.717) is 0 Å². The number of benzene rings is 2. The highest BCUT2D eigenvalue weighted by Crippen LogP contribution is 2.43. The minimum Gasteiger partial charge on any atom is -0.314 e. The quantitative estimate of drug-likeness (QED) is 0.685. The number of rotatable bonds is 4. The SMILES string of the molecule is CC.CC.CCCP(=O)(c1ccccc1)c1ccccc1. The normalized spacial score (nSPS) is 9.76. The zero-order valence-electron chi connectivity index (χ0n) is 14.0. The van der Waals surface area contributed by atoms with E-state index in [1.807, 2.05) is 88.4 Å². The molecule has 0 fully saturated rings. The predicted octanol–water partition coefficient (Wildman–Crippen LogP) is 5.46.